The lowest BCUT2D eigenvalue weighted by Gasteiger charge is -2.13. The standard InChI is InChI=1S/C14H25N3S/c1-5-18-13-7-6-12(8-13)15-9-14-10(2)16-17(4)11(14)3/h12-13,15H,5-9H2,1-4H3/t12-,13+/m0/s1. The first kappa shape index (κ1) is 13.9. The first-order valence-electron chi connectivity index (χ1n) is 6.95. The Balaban J connectivity index is 1.85. The van der Waals surface area contributed by atoms with Crippen LogP contribution in [-0.4, -0.2) is 26.8 Å². The number of rotatable bonds is 5. The molecule has 3 nitrogen and oxygen atoms in total. The van der Waals surface area contributed by atoms with E-state index in [1.54, 1.807) is 0 Å². The van der Waals surface area contributed by atoms with Gasteiger partial charge in [0.2, 0.25) is 0 Å². The van der Waals surface area contributed by atoms with Gasteiger partial charge in [-0.05, 0) is 38.9 Å². The van der Waals surface area contributed by atoms with Gasteiger partial charge in [-0.2, -0.15) is 16.9 Å². The van der Waals surface area contributed by atoms with Crippen molar-refractivity contribution in [2.75, 3.05) is 5.75 Å². The summed E-state index contributed by atoms with van der Waals surface area (Å²) in [7, 11) is 2.02. The fourth-order valence-electron chi connectivity index (χ4n) is 2.83. The molecule has 1 fully saturated rings. The van der Waals surface area contributed by atoms with E-state index in [-0.39, 0.29) is 0 Å². The largest absolute Gasteiger partial charge is 0.310 e. The molecular formula is C14H25N3S. The summed E-state index contributed by atoms with van der Waals surface area (Å²) in [5, 5.41) is 9.07. The topological polar surface area (TPSA) is 29.9 Å². The van der Waals surface area contributed by atoms with E-state index in [4.69, 9.17) is 0 Å². The Morgan fingerprint density at radius 2 is 2.17 bits per heavy atom. The Morgan fingerprint density at radius 3 is 2.78 bits per heavy atom. The van der Waals surface area contributed by atoms with Crippen molar-refractivity contribution in [1.29, 1.82) is 0 Å². The van der Waals surface area contributed by atoms with Gasteiger partial charge in [-0.3, -0.25) is 4.68 Å². The maximum atomic E-state index is 4.47. The van der Waals surface area contributed by atoms with Gasteiger partial charge in [-0.25, -0.2) is 0 Å². The number of nitrogens with zero attached hydrogens (tertiary/aromatic N) is 2. The molecule has 1 aliphatic carbocycles. The van der Waals surface area contributed by atoms with Crippen LogP contribution in [0.25, 0.3) is 0 Å². The number of thioether (sulfide) groups is 1. The minimum Gasteiger partial charge on any atom is -0.310 e. The van der Waals surface area contributed by atoms with E-state index in [0.717, 1.165) is 11.8 Å². The Bertz CT molecular complexity index is 400. The fourth-order valence-corrected chi connectivity index (χ4v) is 3.97. The molecule has 2 rings (SSSR count). The average Bonchev–Trinajstić information content (AvgIpc) is 2.85. The molecule has 0 unspecified atom stereocenters. The van der Waals surface area contributed by atoms with Crippen molar-refractivity contribution in [3.05, 3.63) is 17.0 Å². The van der Waals surface area contributed by atoms with Crippen LogP contribution in [0.3, 0.4) is 0 Å². The molecule has 0 amide bonds. The zero-order valence-corrected chi connectivity index (χ0v) is 12.8. The van der Waals surface area contributed by atoms with Gasteiger partial charge in [0.1, 0.15) is 0 Å². The van der Waals surface area contributed by atoms with E-state index in [1.807, 2.05) is 11.7 Å². The Labute approximate surface area is 115 Å². The van der Waals surface area contributed by atoms with Crippen molar-refractivity contribution in [2.24, 2.45) is 7.05 Å². The fraction of sp³-hybridized carbons (Fsp3) is 0.786. The summed E-state index contributed by atoms with van der Waals surface area (Å²) in [6, 6.07) is 0.702. The lowest BCUT2D eigenvalue weighted by molar-refractivity contribution is 0.523. The van der Waals surface area contributed by atoms with Crippen molar-refractivity contribution in [1.82, 2.24) is 15.1 Å². The molecule has 1 heterocycles. The third-order valence-corrected chi connectivity index (χ3v) is 5.25. The van der Waals surface area contributed by atoms with Gasteiger partial charge >= 0.3 is 0 Å². The van der Waals surface area contributed by atoms with Crippen LogP contribution in [0.1, 0.15) is 43.1 Å². The molecule has 2 atom stereocenters. The third kappa shape index (κ3) is 3.09. The van der Waals surface area contributed by atoms with Gasteiger partial charge in [-0.1, -0.05) is 6.92 Å². The predicted molar refractivity (Wildman–Crippen MR) is 79.1 cm³/mol. The van der Waals surface area contributed by atoms with E-state index in [0.29, 0.717) is 6.04 Å². The summed E-state index contributed by atoms with van der Waals surface area (Å²) in [4.78, 5) is 0. The van der Waals surface area contributed by atoms with Crippen LogP contribution in [0.4, 0.5) is 0 Å². The molecule has 18 heavy (non-hydrogen) atoms. The maximum Gasteiger partial charge on any atom is 0.0641 e. The first-order valence-corrected chi connectivity index (χ1v) is 8.00. The van der Waals surface area contributed by atoms with Gasteiger partial charge in [0.05, 0.1) is 5.69 Å². The van der Waals surface area contributed by atoms with Crippen LogP contribution < -0.4 is 5.32 Å². The van der Waals surface area contributed by atoms with Crippen molar-refractivity contribution in [3.63, 3.8) is 0 Å². The number of hydrogen-bond donors (Lipinski definition) is 1. The third-order valence-electron chi connectivity index (χ3n) is 4.01. The van der Waals surface area contributed by atoms with Crippen molar-refractivity contribution in [3.8, 4) is 0 Å². The van der Waals surface area contributed by atoms with Crippen LogP contribution in [0.5, 0.6) is 0 Å². The number of nitrogens with one attached hydrogen (secondary N) is 1. The smallest absolute Gasteiger partial charge is 0.0641 e. The van der Waals surface area contributed by atoms with E-state index >= 15 is 0 Å². The Kier molecular flexibility index (Phi) is 4.73. The molecule has 0 aromatic carbocycles. The second kappa shape index (κ2) is 6.11. The predicted octanol–water partition coefficient (Wildman–Crippen LogP) is 2.80. The zero-order chi connectivity index (χ0) is 13.1. The highest BCUT2D eigenvalue weighted by molar-refractivity contribution is 7.99. The minimum atomic E-state index is 0.702. The summed E-state index contributed by atoms with van der Waals surface area (Å²) in [6.07, 6.45) is 4.04. The minimum absolute atomic E-state index is 0.702. The Morgan fingerprint density at radius 1 is 1.39 bits per heavy atom. The summed E-state index contributed by atoms with van der Waals surface area (Å²) in [6.45, 7) is 7.49. The quantitative estimate of drug-likeness (QED) is 0.889. The monoisotopic (exact) mass is 267 g/mol. The summed E-state index contributed by atoms with van der Waals surface area (Å²) in [5.74, 6) is 1.25. The highest BCUT2D eigenvalue weighted by Crippen LogP contribution is 2.30. The number of hydrogen-bond acceptors (Lipinski definition) is 3. The van der Waals surface area contributed by atoms with Gasteiger partial charge in [0, 0.05) is 36.1 Å². The SMILES string of the molecule is CCS[C@@H]1CC[C@H](NCc2c(C)nn(C)c2C)C1. The molecule has 4 heteroatoms. The molecule has 0 saturated heterocycles. The van der Waals surface area contributed by atoms with Crippen LogP contribution in [-0.2, 0) is 13.6 Å². The molecule has 1 saturated carbocycles. The summed E-state index contributed by atoms with van der Waals surface area (Å²) >= 11 is 2.12. The van der Waals surface area contributed by atoms with Gasteiger partial charge in [0.15, 0.2) is 0 Å². The highest BCUT2D eigenvalue weighted by Gasteiger charge is 2.24. The van der Waals surface area contributed by atoms with Crippen molar-refractivity contribution < 1.29 is 0 Å². The van der Waals surface area contributed by atoms with Crippen LogP contribution >= 0.6 is 11.8 Å². The second-order valence-electron chi connectivity index (χ2n) is 5.24. The van der Waals surface area contributed by atoms with Gasteiger partial charge < -0.3 is 5.32 Å². The average molecular weight is 267 g/mol. The zero-order valence-electron chi connectivity index (χ0n) is 12.0. The molecule has 1 aromatic rings. The van der Waals surface area contributed by atoms with Crippen LogP contribution in [0.15, 0.2) is 0 Å². The molecule has 1 aromatic heterocycles. The lowest BCUT2D eigenvalue weighted by Crippen LogP contribution is -2.26. The molecular weight excluding hydrogens is 242 g/mol. The molecule has 0 spiro atoms. The summed E-state index contributed by atoms with van der Waals surface area (Å²) < 4.78 is 1.98. The highest BCUT2D eigenvalue weighted by atomic mass is 32.2. The van der Waals surface area contributed by atoms with Gasteiger partial charge in [0.25, 0.3) is 0 Å². The van der Waals surface area contributed by atoms with E-state index in [2.05, 4.69) is 42.9 Å². The summed E-state index contributed by atoms with van der Waals surface area (Å²) in [5.41, 5.74) is 3.83. The van der Waals surface area contributed by atoms with Crippen molar-refractivity contribution >= 4 is 11.8 Å². The second-order valence-corrected chi connectivity index (χ2v) is 6.82. The van der Waals surface area contributed by atoms with E-state index in [1.165, 1.54) is 42.0 Å². The van der Waals surface area contributed by atoms with E-state index < -0.39 is 0 Å². The molecule has 1 aliphatic rings. The molecule has 102 valence electrons. The van der Waals surface area contributed by atoms with Crippen molar-refractivity contribution in [2.45, 2.75) is 57.9 Å². The number of aromatic nitrogens is 2. The van der Waals surface area contributed by atoms with Crippen LogP contribution in [0.2, 0.25) is 0 Å². The lowest BCUT2D eigenvalue weighted by atomic mass is 10.1. The Hall–Kier alpha value is -0.480. The number of aryl methyl sites for hydroxylation is 2. The normalized spacial score (nSPS) is 23.8. The van der Waals surface area contributed by atoms with Crippen LogP contribution in [0, 0.1) is 13.8 Å². The van der Waals surface area contributed by atoms with E-state index in [9.17, 15) is 0 Å². The maximum absolute atomic E-state index is 4.47. The molecule has 0 bridgehead atoms. The molecule has 1 N–H and O–H groups in total. The molecule has 0 radical (unpaired) electrons. The van der Waals surface area contributed by atoms with Gasteiger partial charge in [-0.15, -0.1) is 0 Å². The first-order chi connectivity index (χ1) is 8.61. The molecule has 0 aliphatic heterocycles.